The molecule has 2 rings (SSSR count). The Morgan fingerprint density at radius 3 is 2.95 bits per heavy atom. The van der Waals surface area contributed by atoms with Crippen molar-refractivity contribution >= 4 is 21.4 Å². The first kappa shape index (κ1) is 15.7. The number of benzene rings is 1. The smallest absolute Gasteiger partial charge is 0.241 e. The molecule has 21 heavy (non-hydrogen) atoms. The molecule has 0 aliphatic carbocycles. The first-order chi connectivity index (χ1) is 10.0. The van der Waals surface area contributed by atoms with Gasteiger partial charge in [0.1, 0.15) is 11.6 Å². The third-order valence-corrected chi connectivity index (χ3v) is 5.11. The number of aromatic nitrogens is 1. The summed E-state index contributed by atoms with van der Waals surface area (Å²) in [6.45, 7) is 1.47. The van der Waals surface area contributed by atoms with E-state index in [2.05, 4.69) is 21.5 Å². The summed E-state index contributed by atoms with van der Waals surface area (Å²) in [6.07, 6.45) is 1.63. The summed E-state index contributed by atoms with van der Waals surface area (Å²) >= 11 is 1.39. The Hall–Kier alpha value is -1.72. The fourth-order valence-corrected chi connectivity index (χ4v) is 3.66. The van der Waals surface area contributed by atoms with E-state index in [1.54, 1.807) is 30.6 Å². The number of sulfonamides is 1. The average Bonchev–Trinajstić information content (AvgIpc) is 2.99. The predicted octanol–water partition coefficient (Wildman–Crippen LogP) is 1.53. The first-order valence-corrected chi connectivity index (χ1v) is 8.51. The van der Waals surface area contributed by atoms with Gasteiger partial charge in [0.25, 0.3) is 0 Å². The van der Waals surface area contributed by atoms with E-state index in [1.807, 2.05) is 0 Å². The maximum atomic E-state index is 12.3. The van der Waals surface area contributed by atoms with Crippen molar-refractivity contribution in [3.05, 3.63) is 46.4 Å². The van der Waals surface area contributed by atoms with Crippen molar-refractivity contribution in [1.82, 2.24) is 9.71 Å². The number of nitrogens with zero attached hydrogens (tertiary/aromatic N) is 1. The van der Waals surface area contributed by atoms with Crippen molar-refractivity contribution in [2.24, 2.45) is 0 Å². The second-order valence-electron chi connectivity index (χ2n) is 4.20. The van der Waals surface area contributed by atoms with Crippen LogP contribution in [0, 0.1) is 11.8 Å². The summed E-state index contributed by atoms with van der Waals surface area (Å²) in [4.78, 5) is 4.23. The van der Waals surface area contributed by atoms with E-state index < -0.39 is 16.1 Å². The summed E-state index contributed by atoms with van der Waals surface area (Å²) in [5, 5.41) is 11.2. The van der Waals surface area contributed by atoms with Crippen LogP contribution >= 0.6 is 11.3 Å². The fraction of sp³-hybridized carbons (Fsp3) is 0.214. The molecule has 0 fully saturated rings. The van der Waals surface area contributed by atoms with Crippen LogP contribution in [0.25, 0.3) is 0 Å². The number of thiazole rings is 1. The zero-order chi connectivity index (χ0) is 15.3. The highest BCUT2D eigenvalue weighted by Crippen LogP contribution is 2.19. The molecular formula is C14H14N2O3S2. The number of rotatable bonds is 4. The highest BCUT2D eigenvalue weighted by molar-refractivity contribution is 7.89. The van der Waals surface area contributed by atoms with Crippen LogP contribution in [0.4, 0.5) is 0 Å². The zero-order valence-electron chi connectivity index (χ0n) is 11.3. The molecule has 0 saturated carbocycles. The van der Waals surface area contributed by atoms with Gasteiger partial charge in [-0.15, -0.1) is 11.3 Å². The number of hydrogen-bond donors (Lipinski definition) is 2. The van der Waals surface area contributed by atoms with Gasteiger partial charge in [-0.3, -0.25) is 0 Å². The van der Waals surface area contributed by atoms with Crippen LogP contribution in [-0.4, -0.2) is 25.1 Å². The van der Waals surface area contributed by atoms with Crippen LogP contribution in [0.3, 0.4) is 0 Å². The van der Waals surface area contributed by atoms with E-state index >= 15 is 0 Å². The van der Waals surface area contributed by atoms with Crippen molar-refractivity contribution in [3.8, 4) is 11.8 Å². The maximum Gasteiger partial charge on any atom is 0.241 e. The Labute approximate surface area is 127 Å². The third kappa shape index (κ3) is 4.12. The summed E-state index contributed by atoms with van der Waals surface area (Å²) in [6, 6.07) is 5.87. The first-order valence-electron chi connectivity index (χ1n) is 6.14. The van der Waals surface area contributed by atoms with Crippen LogP contribution in [0.5, 0.6) is 0 Å². The van der Waals surface area contributed by atoms with Gasteiger partial charge in [-0.05, 0) is 25.1 Å². The van der Waals surface area contributed by atoms with Crippen LogP contribution in [-0.2, 0) is 10.0 Å². The molecule has 7 heteroatoms. The Kier molecular flexibility index (Phi) is 5.09. The van der Waals surface area contributed by atoms with Crippen LogP contribution in [0.15, 0.2) is 40.7 Å². The third-order valence-electron chi connectivity index (χ3n) is 2.61. The molecular weight excluding hydrogens is 308 g/mol. The van der Waals surface area contributed by atoms with Crippen molar-refractivity contribution in [2.75, 3.05) is 6.61 Å². The van der Waals surface area contributed by atoms with Crippen LogP contribution in [0.2, 0.25) is 0 Å². The van der Waals surface area contributed by atoms with Gasteiger partial charge >= 0.3 is 0 Å². The normalized spacial score (nSPS) is 12.5. The Morgan fingerprint density at radius 2 is 2.29 bits per heavy atom. The molecule has 0 aliphatic heterocycles. The summed E-state index contributed by atoms with van der Waals surface area (Å²) in [5.41, 5.74) is 0.536. The van der Waals surface area contributed by atoms with Gasteiger partial charge in [0.2, 0.25) is 10.0 Å². The van der Waals surface area contributed by atoms with Gasteiger partial charge in [0.15, 0.2) is 0 Å². The van der Waals surface area contributed by atoms with E-state index in [4.69, 9.17) is 5.11 Å². The molecule has 2 N–H and O–H groups in total. The van der Waals surface area contributed by atoms with Gasteiger partial charge in [0, 0.05) is 17.1 Å². The minimum atomic E-state index is -3.65. The number of nitrogens with one attached hydrogen (secondary N) is 1. The van der Waals surface area contributed by atoms with Crippen LogP contribution < -0.4 is 4.72 Å². The number of hydrogen-bond acceptors (Lipinski definition) is 5. The molecule has 5 nitrogen and oxygen atoms in total. The fourth-order valence-electron chi connectivity index (χ4n) is 1.68. The lowest BCUT2D eigenvalue weighted by Crippen LogP contribution is -2.26. The molecule has 0 saturated heterocycles. The van der Waals surface area contributed by atoms with Crippen molar-refractivity contribution in [1.29, 1.82) is 0 Å². The standard InChI is InChI=1S/C14H14N2O3S2/c1-11(14-15-7-9-20-14)16-21(18,19)13-6-2-4-12(10-13)5-3-8-17/h2,4,6-7,9-11,16-17H,8H2,1H3. The predicted molar refractivity (Wildman–Crippen MR) is 81.3 cm³/mol. The Morgan fingerprint density at radius 1 is 1.48 bits per heavy atom. The Bertz CT molecular complexity index is 759. The van der Waals surface area contributed by atoms with Gasteiger partial charge in [-0.25, -0.2) is 18.1 Å². The van der Waals surface area contributed by atoms with E-state index in [0.29, 0.717) is 10.6 Å². The quantitative estimate of drug-likeness (QED) is 0.837. The highest BCUT2D eigenvalue weighted by Gasteiger charge is 2.19. The molecule has 2 aromatic rings. The second-order valence-corrected chi connectivity index (χ2v) is 6.84. The SMILES string of the molecule is CC(NS(=O)(=O)c1cccc(C#CCO)c1)c1nccs1. The molecule has 1 aromatic heterocycles. The molecule has 1 unspecified atom stereocenters. The number of aliphatic hydroxyl groups excluding tert-OH is 1. The van der Waals surface area contributed by atoms with Crippen molar-refractivity contribution < 1.29 is 13.5 Å². The minimum Gasteiger partial charge on any atom is -0.384 e. The second kappa shape index (κ2) is 6.83. The summed E-state index contributed by atoms with van der Waals surface area (Å²) < 4.78 is 27.2. The van der Waals surface area contributed by atoms with Gasteiger partial charge in [0.05, 0.1) is 10.9 Å². The zero-order valence-corrected chi connectivity index (χ0v) is 12.9. The molecule has 0 aliphatic rings. The Balaban J connectivity index is 2.23. The van der Waals surface area contributed by atoms with E-state index in [-0.39, 0.29) is 11.5 Å². The summed E-state index contributed by atoms with van der Waals surface area (Å²) in [5.74, 6) is 5.17. The molecule has 1 atom stereocenters. The minimum absolute atomic E-state index is 0.135. The molecule has 0 spiro atoms. The van der Waals surface area contributed by atoms with Crippen molar-refractivity contribution in [3.63, 3.8) is 0 Å². The molecule has 1 heterocycles. The maximum absolute atomic E-state index is 12.3. The van der Waals surface area contributed by atoms with Crippen LogP contribution in [0.1, 0.15) is 23.5 Å². The average molecular weight is 322 g/mol. The lowest BCUT2D eigenvalue weighted by Gasteiger charge is -2.12. The van der Waals surface area contributed by atoms with E-state index in [9.17, 15) is 8.42 Å². The summed E-state index contributed by atoms with van der Waals surface area (Å²) in [7, 11) is -3.65. The molecule has 110 valence electrons. The van der Waals surface area contributed by atoms with Gasteiger partial charge in [-0.1, -0.05) is 17.9 Å². The van der Waals surface area contributed by atoms with Crippen molar-refractivity contribution in [2.45, 2.75) is 17.9 Å². The van der Waals surface area contributed by atoms with Gasteiger partial charge < -0.3 is 5.11 Å². The monoisotopic (exact) mass is 322 g/mol. The largest absolute Gasteiger partial charge is 0.384 e. The lowest BCUT2D eigenvalue weighted by atomic mass is 10.2. The molecule has 0 amide bonds. The topological polar surface area (TPSA) is 79.3 Å². The van der Waals surface area contributed by atoms with Gasteiger partial charge in [-0.2, -0.15) is 0 Å². The molecule has 0 radical (unpaired) electrons. The molecule has 1 aromatic carbocycles. The molecule has 0 bridgehead atoms. The lowest BCUT2D eigenvalue weighted by molar-refractivity contribution is 0.350. The van der Waals surface area contributed by atoms with E-state index in [0.717, 1.165) is 0 Å². The van der Waals surface area contributed by atoms with E-state index in [1.165, 1.54) is 23.5 Å². The number of aliphatic hydroxyl groups is 1. The highest BCUT2D eigenvalue weighted by atomic mass is 32.2.